The van der Waals surface area contributed by atoms with Crippen LogP contribution in [0.4, 0.5) is 22.0 Å². The summed E-state index contributed by atoms with van der Waals surface area (Å²) in [6.45, 7) is 3.58. The maximum absolute atomic E-state index is 13.4. The molecule has 0 amide bonds. The van der Waals surface area contributed by atoms with Gasteiger partial charge in [0.25, 0.3) is 0 Å². The van der Waals surface area contributed by atoms with Crippen LogP contribution in [0.25, 0.3) is 0 Å². The lowest BCUT2D eigenvalue weighted by Crippen LogP contribution is -2.46. The van der Waals surface area contributed by atoms with E-state index in [1.54, 1.807) is 19.9 Å². The standard InChI is InChI=1S/C13H16F5NO.ClH/c1-7(2)8-4-5-10(20-3)9(6-8)11(19)12(14,15)13(16,17)18;/h4-7,11H,19H2,1-3H3;1H/t11-;/m1./s1. The van der Waals surface area contributed by atoms with E-state index in [-0.39, 0.29) is 29.6 Å². The Morgan fingerprint density at radius 1 is 1.10 bits per heavy atom. The minimum Gasteiger partial charge on any atom is -0.496 e. The lowest BCUT2D eigenvalue weighted by atomic mass is 9.94. The first-order chi connectivity index (χ1) is 9.02. The summed E-state index contributed by atoms with van der Waals surface area (Å²) in [5.74, 6) is -5.16. The van der Waals surface area contributed by atoms with E-state index in [2.05, 4.69) is 0 Å². The Balaban J connectivity index is 0.00000400. The van der Waals surface area contributed by atoms with Crippen molar-refractivity contribution in [2.45, 2.75) is 37.9 Å². The van der Waals surface area contributed by atoms with Gasteiger partial charge in [-0.2, -0.15) is 22.0 Å². The quantitative estimate of drug-likeness (QED) is 0.827. The first-order valence-corrected chi connectivity index (χ1v) is 5.90. The van der Waals surface area contributed by atoms with Crippen LogP contribution in [0.1, 0.15) is 36.9 Å². The minimum absolute atomic E-state index is 0. The summed E-state index contributed by atoms with van der Waals surface area (Å²) in [4.78, 5) is 0. The summed E-state index contributed by atoms with van der Waals surface area (Å²) >= 11 is 0. The van der Waals surface area contributed by atoms with Crippen molar-refractivity contribution in [3.63, 3.8) is 0 Å². The first kappa shape index (κ1) is 19.9. The maximum Gasteiger partial charge on any atom is 0.455 e. The minimum atomic E-state index is -5.72. The second-order valence-corrected chi connectivity index (χ2v) is 4.75. The molecule has 0 heterocycles. The zero-order chi connectivity index (χ0) is 15.7. The van der Waals surface area contributed by atoms with E-state index in [1.807, 2.05) is 0 Å². The second-order valence-electron chi connectivity index (χ2n) is 4.75. The Hall–Kier alpha value is -1.08. The van der Waals surface area contributed by atoms with Gasteiger partial charge in [0.15, 0.2) is 0 Å². The number of ether oxygens (including phenoxy) is 1. The molecule has 0 aliphatic rings. The SMILES string of the molecule is COc1ccc(C(C)C)cc1[C@@H](N)C(F)(F)C(F)(F)F.Cl. The van der Waals surface area contributed by atoms with E-state index in [0.717, 1.165) is 0 Å². The molecule has 1 aromatic rings. The Morgan fingerprint density at radius 2 is 1.62 bits per heavy atom. The van der Waals surface area contributed by atoms with Crippen molar-refractivity contribution in [3.8, 4) is 5.75 Å². The van der Waals surface area contributed by atoms with Crippen molar-refractivity contribution in [2.24, 2.45) is 5.73 Å². The van der Waals surface area contributed by atoms with Gasteiger partial charge in [0.2, 0.25) is 0 Å². The van der Waals surface area contributed by atoms with Crippen LogP contribution in [-0.4, -0.2) is 19.2 Å². The largest absolute Gasteiger partial charge is 0.496 e. The number of alkyl halides is 5. The lowest BCUT2D eigenvalue weighted by molar-refractivity contribution is -0.291. The van der Waals surface area contributed by atoms with Crippen molar-refractivity contribution in [3.05, 3.63) is 29.3 Å². The van der Waals surface area contributed by atoms with Gasteiger partial charge in [0.1, 0.15) is 11.8 Å². The molecule has 0 saturated heterocycles. The fraction of sp³-hybridized carbons (Fsp3) is 0.538. The number of halogens is 6. The molecular formula is C13H17ClF5NO. The molecule has 122 valence electrons. The first-order valence-electron chi connectivity index (χ1n) is 5.90. The van der Waals surface area contributed by atoms with Crippen molar-refractivity contribution in [1.29, 1.82) is 0 Å². The van der Waals surface area contributed by atoms with Crippen LogP contribution in [-0.2, 0) is 0 Å². The van der Waals surface area contributed by atoms with E-state index >= 15 is 0 Å². The van der Waals surface area contributed by atoms with E-state index < -0.39 is 18.1 Å². The van der Waals surface area contributed by atoms with Crippen molar-refractivity contribution in [1.82, 2.24) is 0 Å². The molecule has 0 radical (unpaired) electrons. The molecule has 0 aromatic heterocycles. The topological polar surface area (TPSA) is 35.2 Å². The average molecular weight is 334 g/mol. The van der Waals surface area contributed by atoms with Gasteiger partial charge in [-0.05, 0) is 17.5 Å². The maximum atomic E-state index is 13.4. The van der Waals surface area contributed by atoms with Gasteiger partial charge in [0, 0.05) is 5.56 Å². The Morgan fingerprint density at radius 3 is 2.00 bits per heavy atom. The molecule has 0 unspecified atom stereocenters. The summed E-state index contributed by atoms with van der Waals surface area (Å²) in [5, 5.41) is 0. The fourth-order valence-electron chi connectivity index (χ4n) is 1.73. The number of methoxy groups -OCH3 is 1. The van der Waals surface area contributed by atoms with Crippen LogP contribution >= 0.6 is 12.4 Å². The molecule has 0 aliphatic heterocycles. The molecule has 1 rings (SSSR count). The molecule has 21 heavy (non-hydrogen) atoms. The zero-order valence-corrected chi connectivity index (χ0v) is 12.5. The second kappa shape index (κ2) is 6.79. The molecule has 0 spiro atoms. The van der Waals surface area contributed by atoms with Crippen LogP contribution in [0.2, 0.25) is 0 Å². The zero-order valence-electron chi connectivity index (χ0n) is 11.7. The van der Waals surface area contributed by atoms with Gasteiger partial charge >= 0.3 is 12.1 Å². The van der Waals surface area contributed by atoms with E-state index in [4.69, 9.17) is 10.5 Å². The summed E-state index contributed by atoms with van der Waals surface area (Å²) in [6, 6.07) is 1.66. The van der Waals surface area contributed by atoms with Gasteiger partial charge in [-0.3, -0.25) is 0 Å². The molecular weight excluding hydrogens is 317 g/mol. The van der Waals surface area contributed by atoms with Crippen LogP contribution < -0.4 is 10.5 Å². The highest BCUT2D eigenvalue weighted by Gasteiger charge is 2.62. The van der Waals surface area contributed by atoms with Crippen molar-refractivity contribution >= 4 is 12.4 Å². The normalized spacial score (nSPS) is 13.8. The lowest BCUT2D eigenvalue weighted by Gasteiger charge is -2.27. The van der Waals surface area contributed by atoms with Gasteiger partial charge in [0.05, 0.1) is 7.11 Å². The van der Waals surface area contributed by atoms with Gasteiger partial charge in [-0.15, -0.1) is 12.4 Å². The highest BCUT2D eigenvalue weighted by Crippen LogP contribution is 2.45. The molecule has 8 heteroatoms. The van der Waals surface area contributed by atoms with E-state index in [1.165, 1.54) is 19.2 Å². The van der Waals surface area contributed by atoms with Crippen LogP contribution in [0, 0.1) is 0 Å². The van der Waals surface area contributed by atoms with Crippen LogP contribution in [0.5, 0.6) is 5.75 Å². The molecule has 0 aliphatic carbocycles. The number of hydrogen-bond donors (Lipinski definition) is 1. The number of hydrogen-bond acceptors (Lipinski definition) is 2. The van der Waals surface area contributed by atoms with E-state index in [0.29, 0.717) is 5.56 Å². The fourth-order valence-corrected chi connectivity index (χ4v) is 1.73. The van der Waals surface area contributed by atoms with Gasteiger partial charge in [-0.1, -0.05) is 26.0 Å². The highest BCUT2D eigenvalue weighted by atomic mass is 35.5. The summed E-state index contributed by atoms with van der Waals surface area (Å²) in [7, 11) is 1.19. The molecule has 2 N–H and O–H groups in total. The van der Waals surface area contributed by atoms with Crippen molar-refractivity contribution < 1.29 is 26.7 Å². The third-order valence-corrected chi connectivity index (χ3v) is 3.02. The summed E-state index contributed by atoms with van der Waals surface area (Å²) in [5.41, 5.74) is 5.40. The van der Waals surface area contributed by atoms with Crippen molar-refractivity contribution in [2.75, 3.05) is 7.11 Å². The molecule has 2 nitrogen and oxygen atoms in total. The third-order valence-electron chi connectivity index (χ3n) is 3.02. The molecule has 1 atom stereocenters. The highest BCUT2D eigenvalue weighted by molar-refractivity contribution is 5.85. The Bertz CT molecular complexity index is 476. The smallest absolute Gasteiger partial charge is 0.455 e. The Kier molecular flexibility index (Phi) is 6.44. The predicted molar refractivity (Wildman–Crippen MR) is 72.3 cm³/mol. The van der Waals surface area contributed by atoms with Gasteiger partial charge < -0.3 is 10.5 Å². The third kappa shape index (κ3) is 3.97. The van der Waals surface area contributed by atoms with E-state index in [9.17, 15) is 22.0 Å². The molecule has 1 aromatic carbocycles. The van der Waals surface area contributed by atoms with Crippen LogP contribution in [0.15, 0.2) is 18.2 Å². The summed E-state index contributed by atoms with van der Waals surface area (Å²) in [6.07, 6.45) is -5.72. The number of benzene rings is 1. The predicted octanol–water partition coefficient (Wildman–Crippen LogP) is 4.44. The Labute approximate surface area is 125 Å². The average Bonchev–Trinajstić information content (AvgIpc) is 2.35. The van der Waals surface area contributed by atoms with Crippen LogP contribution in [0.3, 0.4) is 0 Å². The molecule has 0 saturated carbocycles. The summed E-state index contributed by atoms with van der Waals surface area (Å²) < 4.78 is 68.7. The number of rotatable bonds is 4. The number of nitrogens with two attached hydrogens (primary N) is 1. The molecule has 0 fully saturated rings. The monoisotopic (exact) mass is 333 g/mol. The van der Waals surface area contributed by atoms with Gasteiger partial charge in [-0.25, -0.2) is 0 Å². The molecule has 0 bridgehead atoms.